The van der Waals surface area contributed by atoms with Crippen LogP contribution < -0.4 is 0 Å². The Morgan fingerprint density at radius 2 is 1.35 bits per heavy atom. The number of benzene rings is 2. The molecule has 0 N–H and O–H groups in total. The van der Waals surface area contributed by atoms with E-state index in [4.69, 9.17) is 9.05 Å². The quantitative estimate of drug-likeness (QED) is 0.423. The minimum Gasteiger partial charge on any atom is -0.304 e. The number of hydrogen-bond acceptors (Lipinski definition) is 4. The molecule has 0 atom stereocenters. The number of nitrogens with zero attached hydrogens (tertiary/aromatic N) is 1. The highest BCUT2D eigenvalue weighted by Gasteiger charge is 2.29. The van der Waals surface area contributed by atoms with Crippen molar-refractivity contribution in [1.29, 1.82) is 0 Å². The highest BCUT2D eigenvalue weighted by molar-refractivity contribution is 7.58. The van der Waals surface area contributed by atoms with E-state index in [1.165, 1.54) is 5.56 Å². The van der Waals surface area contributed by atoms with Crippen LogP contribution in [0.4, 0.5) is 0 Å². The van der Waals surface area contributed by atoms with E-state index in [0.717, 1.165) is 16.7 Å². The lowest BCUT2D eigenvalue weighted by Crippen LogP contribution is -1.98. The Balaban J connectivity index is 2.44. The Morgan fingerprint density at radius 1 is 0.885 bits per heavy atom. The van der Waals surface area contributed by atoms with Crippen molar-refractivity contribution in [2.75, 3.05) is 13.2 Å². The van der Waals surface area contributed by atoms with Crippen LogP contribution in [-0.4, -0.2) is 19.4 Å². The lowest BCUT2D eigenvalue weighted by Gasteiger charge is -2.17. The van der Waals surface area contributed by atoms with E-state index >= 15 is 0 Å². The van der Waals surface area contributed by atoms with E-state index in [1.807, 2.05) is 62.4 Å². The first-order valence-corrected chi connectivity index (χ1v) is 10.3. The molecule has 2 rings (SSSR count). The number of aryl methyl sites for hydroxylation is 2. The molecule has 0 amide bonds. The van der Waals surface area contributed by atoms with Crippen LogP contribution in [0, 0.1) is 13.8 Å². The van der Waals surface area contributed by atoms with Gasteiger partial charge in [-0.25, -0.2) is 4.99 Å². The molecule has 2 aromatic carbocycles. The maximum absolute atomic E-state index is 13.2. The molecular weight excluding hydrogens is 345 g/mol. The molecule has 0 spiro atoms. The van der Waals surface area contributed by atoms with E-state index in [1.54, 1.807) is 26.1 Å². The SMILES string of the molecule is CCOP(=O)(OCC)C(=C/c1ccc(C)cc1)/N=C/c1ccc(C)cc1. The molecule has 0 aliphatic rings. The molecular formula is C21H26NO3P. The molecule has 0 saturated carbocycles. The minimum absolute atomic E-state index is 0.280. The van der Waals surface area contributed by atoms with Crippen LogP contribution in [0.1, 0.15) is 36.1 Å². The lowest BCUT2D eigenvalue weighted by molar-refractivity contribution is 0.226. The summed E-state index contributed by atoms with van der Waals surface area (Å²) < 4.78 is 24.2. The van der Waals surface area contributed by atoms with Crippen LogP contribution in [0.3, 0.4) is 0 Å². The maximum Gasteiger partial charge on any atom is 0.379 e. The zero-order valence-corrected chi connectivity index (χ0v) is 16.7. The van der Waals surface area contributed by atoms with E-state index in [2.05, 4.69) is 4.99 Å². The van der Waals surface area contributed by atoms with Gasteiger partial charge in [0.25, 0.3) is 0 Å². The Labute approximate surface area is 156 Å². The summed E-state index contributed by atoms with van der Waals surface area (Å²) in [6.45, 7) is 8.19. The molecule has 4 nitrogen and oxygen atoms in total. The van der Waals surface area contributed by atoms with Gasteiger partial charge in [-0.05, 0) is 44.9 Å². The monoisotopic (exact) mass is 371 g/mol. The highest BCUT2D eigenvalue weighted by Crippen LogP contribution is 2.57. The molecule has 0 fully saturated rings. The first kappa shape index (κ1) is 20.3. The van der Waals surface area contributed by atoms with Crippen molar-refractivity contribution in [3.8, 4) is 0 Å². The fraction of sp³-hybridized carbons (Fsp3) is 0.286. The van der Waals surface area contributed by atoms with Gasteiger partial charge in [0.1, 0.15) is 0 Å². The molecule has 138 valence electrons. The third-order valence-electron chi connectivity index (χ3n) is 3.68. The van der Waals surface area contributed by atoms with Crippen molar-refractivity contribution < 1.29 is 13.6 Å². The van der Waals surface area contributed by atoms with Gasteiger partial charge < -0.3 is 9.05 Å². The topological polar surface area (TPSA) is 47.9 Å². The van der Waals surface area contributed by atoms with Crippen LogP contribution in [-0.2, 0) is 13.6 Å². The van der Waals surface area contributed by atoms with Crippen molar-refractivity contribution >= 4 is 19.9 Å². The standard InChI is InChI=1S/C21H26NO3P/c1-5-24-26(23,25-6-2)21(15-19-11-7-17(3)8-12-19)22-16-20-13-9-18(4)10-14-20/h7-16H,5-6H2,1-4H3/b21-15+,22-16+. The van der Waals surface area contributed by atoms with Crippen molar-refractivity contribution in [2.24, 2.45) is 4.99 Å². The molecule has 0 aliphatic carbocycles. The predicted molar refractivity (Wildman–Crippen MR) is 109 cm³/mol. The highest BCUT2D eigenvalue weighted by atomic mass is 31.2. The van der Waals surface area contributed by atoms with Crippen molar-refractivity contribution in [3.05, 3.63) is 76.2 Å². The molecule has 0 heterocycles. The van der Waals surface area contributed by atoms with E-state index < -0.39 is 7.60 Å². The van der Waals surface area contributed by atoms with Crippen molar-refractivity contribution in [2.45, 2.75) is 27.7 Å². The van der Waals surface area contributed by atoms with Crippen LogP contribution in [0.5, 0.6) is 0 Å². The van der Waals surface area contributed by atoms with Crippen LogP contribution in [0.2, 0.25) is 0 Å². The molecule has 0 unspecified atom stereocenters. The van der Waals surface area contributed by atoms with Crippen LogP contribution >= 0.6 is 7.60 Å². The summed E-state index contributed by atoms with van der Waals surface area (Å²) >= 11 is 0. The molecule has 26 heavy (non-hydrogen) atoms. The van der Waals surface area contributed by atoms with Gasteiger partial charge in [-0.15, -0.1) is 0 Å². The van der Waals surface area contributed by atoms with Gasteiger partial charge in [-0.1, -0.05) is 59.7 Å². The van der Waals surface area contributed by atoms with Gasteiger partial charge in [-0.2, -0.15) is 0 Å². The summed E-state index contributed by atoms with van der Waals surface area (Å²) in [4.78, 5) is 4.47. The molecule has 5 heteroatoms. The van der Waals surface area contributed by atoms with Gasteiger partial charge >= 0.3 is 7.60 Å². The van der Waals surface area contributed by atoms with Crippen molar-refractivity contribution in [3.63, 3.8) is 0 Å². The largest absolute Gasteiger partial charge is 0.379 e. The van der Waals surface area contributed by atoms with Gasteiger partial charge in [0, 0.05) is 6.21 Å². The Morgan fingerprint density at radius 3 is 1.81 bits per heavy atom. The second kappa shape index (κ2) is 9.63. The van der Waals surface area contributed by atoms with Gasteiger partial charge in [0.15, 0.2) is 5.44 Å². The molecule has 0 bridgehead atoms. The zero-order valence-electron chi connectivity index (χ0n) is 15.8. The van der Waals surface area contributed by atoms with Crippen LogP contribution in [0.15, 0.2) is 59.0 Å². The summed E-state index contributed by atoms with van der Waals surface area (Å²) in [5, 5.41) is 0. The summed E-state index contributed by atoms with van der Waals surface area (Å²) in [5.74, 6) is 0. The Bertz CT molecular complexity index is 798. The Kier molecular flexibility index (Phi) is 7.52. The third kappa shape index (κ3) is 5.77. The van der Waals surface area contributed by atoms with Gasteiger partial charge in [0.05, 0.1) is 13.2 Å². The first-order valence-electron chi connectivity index (χ1n) is 8.75. The number of hydrogen-bond donors (Lipinski definition) is 0. The smallest absolute Gasteiger partial charge is 0.304 e. The lowest BCUT2D eigenvalue weighted by atomic mass is 10.1. The molecule has 2 aromatic rings. The summed E-state index contributed by atoms with van der Waals surface area (Å²) in [5.41, 5.74) is 4.44. The number of aliphatic imine (C=N–C) groups is 1. The third-order valence-corrected chi connectivity index (χ3v) is 5.68. The van der Waals surface area contributed by atoms with Gasteiger partial charge in [0.2, 0.25) is 0 Å². The predicted octanol–water partition coefficient (Wildman–Crippen LogP) is 5.99. The second-order valence-corrected chi connectivity index (χ2v) is 7.88. The molecule has 0 aliphatic heterocycles. The van der Waals surface area contributed by atoms with Crippen LogP contribution in [0.25, 0.3) is 6.08 Å². The summed E-state index contributed by atoms with van der Waals surface area (Å²) in [6, 6.07) is 15.9. The Hall–Kier alpha value is -2.00. The summed E-state index contributed by atoms with van der Waals surface area (Å²) in [7, 11) is -3.49. The fourth-order valence-electron chi connectivity index (χ4n) is 2.30. The second-order valence-electron chi connectivity index (χ2n) is 5.92. The normalized spacial score (nSPS) is 12.7. The van der Waals surface area contributed by atoms with E-state index in [9.17, 15) is 4.57 Å². The summed E-state index contributed by atoms with van der Waals surface area (Å²) in [6.07, 6.45) is 3.44. The van der Waals surface area contributed by atoms with Gasteiger partial charge in [-0.3, -0.25) is 4.57 Å². The zero-order chi connectivity index (χ0) is 19.0. The van der Waals surface area contributed by atoms with E-state index in [-0.39, 0.29) is 13.2 Å². The molecule has 0 saturated heterocycles. The fourth-order valence-corrected chi connectivity index (χ4v) is 3.83. The minimum atomic E-state index is -3.49. The molecule has 0 radical (unpaired) electrons. The van der Waals surface area contributed by atoms with Crippen molar-refractivity contribution in [1.82, 2.24) is 0 Å². The average Bonchev–Trinajstić information content (AvgIpc) is 2.62. The number of rotatable bonds is 8. The average molecular weight is 371 g/mol. The maximum atomic E-state index is 13.2. The first-order chi connectivity index (χ1) is 12.5. The van der Waals surface area contributed by atoms with E-state index in [0.29, 0.717) is 5.44 Å². The molecule has 0 aromatic heterocycles.